The summed E-state index contributed by atoms with van der Waals surface area (Å²) in [6, 6.07) is 14.3. The van der Waals surface area contributed by atoms with Crippen LogP contribution in [0.25, 0.3) is 6.08 Å². The molecule has 3 rings (SSSR count). The van der Waals surface area contributed by atoms with Crippen molar-refractivity contribution in [3.05, 3.63) is 75.9 Å². The van der Waals surface area contributed by atoms with Gasteiger partial charge in [-0.1, -0.05) is 48.2 Å². The van der Waals surface area contributed by atoms with E-state index in [1.807, 2.05) is 31.2 Å². The second-order valence-corrected chi connectivity index (χ2v) is 6.62. The number of aliphatic hydroxyl groups excluding tert-OH is 1. The Morgan fingerprint density at radius 2 is 1.81 bits per heavy atom. The number of phenols is 1. The van der Waals surface area contributed by atoms with Crippen LogP contribution in [0.5, 0.6) is 5.75 Å². The normalized spacial score (nSPS) is 17.2. The van der Waals surface area contributed by atoms with Crippen LogP contribution in [-0.2, 0) is 9.53 Å². The van der Waals surface area contributed by atoms with Crippen LogP contribution in [-0.4, -0.2) is 28.3 Å². The van der Waals surface area contributed by atoms with E-state index in [0.717, 1.165) is 17.3 Å². The van der Waals surface area contributed by atoms with Crippen molar-refractivity contribution >= 4 is 34.5 Å². The molecule has 0 unspecified atom stereocenters. The highest BCUT2D eigenvalue weighted by Gasteiger charge is 2.33. The van der Waals surface area contributed by atoms with Crippen LogP contribution in [0.3, 0.4) is 0 Å². The Balaban J connectivity index is 2.09. The molecule has 1 aliphatic heterocycles. The highest BCUT2D eigenvalue weighted by Crippen LogP contribution is 2.41. The average molecular weight is 367 g/mol. The minimum Gasteiger partial charge on any atom is -0.507 e. The fourth-order valence-electron chi connectivity index (χ4n) is 2.44. The van der Waals surface area contributed by atoms with Gasteiger partial charge in [-0.2, -0.15) is 0 Å². The molecule has 0 atom stereocenters. The van der Waals surface area contributed by atoms with Crippen molar-refractivity contribution in [2.75, 3.05) is 7.11 Å². The van der Waals surface area contributed by atoms with Gasteiger partial charge in [0.25, 0.3) is 0 Å². The number of rotatable bonds is 3. The number of aryl methyl sites for hydroxylation is 1. The molecule has 2 aromatic carbocycles. The van der Waals surface area contributed by atoms with Gasteiger partial charge in [-0.15, -0.1) is 0 Å². The second-order valence-electron chi connectivity index (χ2n) is 5.59. The summed E-state index contributed by atoms with van der Waals surface area (Å²) >= 11 is 1.15. The highest BCUT2D eigenvalue weighted by molar-refractivity contribution is 8.18. The molecule has 1 aliphatic rings. The Morgan fingerprint density at radius 1 is 1.12 bits per heavy atom. The highest BCUT2D eigenvalue weighted by atomic mass is 32.2. The molecule has 26 heavy (non-hydrogen) atoms. The summed E-state index contributed by atoms with van der Waals surface area (Å²) in [5, 5.41) is 20.8. The predicted molar refractivity (Wildman–Crippen MR) is 104 cm³/mol. The zero-order chi connectivity index (χ0) is 18.7. The van der Waals surface area contributed by atoms with E-state index < -0.39 is 5.97 Å². The Labute approximate surface area is 155 Å². The van der Waals surface area contributed by atoms with Crippen LogP contribution in [0, 0.1) is 6.92 Å². The number of benzene rings is 2. The zero-order valence-electron chi connectivity index (χ0n) is 14.3. The molecule has 0 aromatic heterocycles. The SMILES string of the molecule is COC(=O)C1=C(O)/C(=C\c2ccccc2O)SC1=Nc1ccccc1C. The van der Waals surface area contributed by atoms with Gasteiger partial charge in [-0.05, 0) is 30.7 Å². The molecule has 0 saturated heterocycles. The third kappa shape index (κ3) is 3.50. The van der Waals surface area contributed by atoms with Crippen molar-refractivity contribution in [3.8, 4) is 5.75 Å². The van der Waals surface area contributed by atoms with Gasteiger partial charge in [-0.3, -0.25) is 0 Å². The van der Waals surface area contributed by atoms with Gasteiger partial charge in [0.1, 0.15) is 22.1 Å². The average Bonchev–Trinajstić information content (AvgIpc) is 2.93. The molecule has 1 heterocycles. The predicted octanol–water partition coefficient (Wildman–Crippen LogP) is 4.50. The Morgan fingerprint density at radius 3 is 2.50 bits per heavy atom. The van der Waals surface area contributed by atoms with E-state index in [4.69, 9.17) is 4.74 Å². The number of phenolic OH excluding ortho intramolecular Hbond substituents is 1. The van der Waals surface area contributed by atoms with Crippen LogP contribution in [0.15, 0.2) is 69.8 Å². The molecular formula is C20H17NO4S. The summed E-state index contributed by atoms with van der Waals surface area (Å²) in [6.45, 7) is 1.92. The van der Waals surface area contributed by atoms with Crippen molar-refractivity contribution in [1.29, 1.82) is 0 Å². The van der Waals surface area contributed by atoms with Gasteiger partial charge in [0, 0.05) is 5.56 Å². The molecule has 6 heteroatoms. The van der Waals surface area contributed by atoms with Crippen LogP contribution >= 0.6 is 11.8 Å². The van der Waals surface area contributed by atoms with E-state index in [1.165, 1.54) is 7.11 Å². The number of thioether (sulfide) groups is 1. The lowest BCUT2D eigenvalue weighted by atomic mass is 10.1. The topological polar surface area (TPSA) is 79.1 Å². The monoisotopic (exact) mass is 367 g/mol. The number of ether oxygens (including phenoxy) is 1. The molecule has 2 N–H and O–H groups in total. The summed E-state index contributed by atoms with van der Waals surface area (Å²) in [5.74, 6) is -0.794. The lowest BCUT2D eigenvalue weighted by Gasteiger charge is -2.03. The lowest BCUT2D eigenvalue weighted by molar-refractivity contribution is -0.135. The molecular weight excluding hydrogens is 350 g/mol. The largest absolute Gasteiger partial charge is 0.507 e. The van der Waals surface area contributed by atoms with E-state index >= 15 is 0 Å². The van der Waals surface area contributed by atoms with Gasteiger partial charge < -0.3 is 14.9 Å². The number of hydrogen-bond donors (Lipinski definition) is 2. The van der Waals surface area contributed by atoms with Crippen molar-refractivity contribution in [1.82, 2.24) is 0 Å². The smallest absolute Gasteiger partial charge is 0.344 e. The molecule has 5 nitrogen and oxygen atoms in total. The number of methoxy groups -OCH3 is 1. The fraction of sp³-hybridized carbons (Fsp3) is 0.100. The van der Waals surface area contributed by atoms with E-state index in [9.17, 15) is 15.0 Å². The molecule has 0 bridgehead atoms. The fourth-order valence-corrected chi connectivity index (χ4v) is 3.46. The van der Waals surface area contributed by atoms with Crippen molar-refractivity contribution < 1.29 is 19.7 Å². The van der Waals surface area contributed by atoms with Crippen LogP contribution in [0.4, 0.5) is 5.69 Å². The van der Waals surface area contributed by atoms with Gasteiger partial charge in [0.2, 0.25) is 0 Å². The molecule has 0 spiro atoms. The molecule has 0 radical (unpaired) electrons. The third-order valence-corrected chi connectivity index (χ3v) is 4.86. The quantitative estimate of drug-likeness (QED) is 0.781. The number of nitrogens with zero attached hydrogens (tertiary/aromatic N) is 1. The number of aliphatic hydroxyl groups is 1. The van der Waals surface area contributed by atoms with Crippen molar-refractivity contribution in [2.45, 2.75) is 6.92 Å². The number of carbonyl (C=O) groups excluding carboxylic acids is 1. The van der Waals surface area contributed by atoms with E-state index in [2.05, 4.69) is 4.99 Å². The summed E-state index contributed by atoms with van der Waals surface area (Å²) < 4.78 is 4.80. The first kappa shape index (κ1) is 17.8. The van der Waals surface area contributed by atoms with Gasteiger partial charge in [0.05, 0.1) is 17.7 Å². The molecule has 0 saturated carbocycles. The number of carbonyl (C=O) groups is 1. The third-order valence-electron chi connectivity index (χ3n) is 3.84. The Kier molecular flexibility index (Phi) is 5.14. The van der Waals surface area contributed by atoms with Crippen molar-refractivity contribution in [2.24, 2.45) is 4.99 Å². The lowest BCUT2D eigenvalue weighted by Crippen LogP contribution is -2.10. The molecule has 2 aromatic rings. The number of aliphatic imine (C=N–C) groups is 1. The number of esters is 1. The van der Waals surface area contributed by atoms with E-state index in [1.54, 1.807) is 30.3 Å². The van der Waals surface area contributed by atoms with Gasteiger partial charge >= 0.3 is 5.97 Å². The van der Waals surface area contributed by atoms with Crippen LogP contribution < -0.4 is 0 Å². The Bertz CT molecular complexity index is 960. The number of hydrogen-bond acceptors (Lipinski definition) is 6. The van der Waals surface area contributed by atoms with Crippen LogP contribution in [0.2, 0.25) is 0 Å². The maximum atomic E-state index is 12.2. The zero-order valence-corrected chi connectivity index (χ0v) is 15.1. The van der Waals surface area contributed by atoms with Gasteiger partial charge in [0.15, 0.2) is 0 Å². The minimum absolute atomic E-state index is 0.0161. The standard InChI is InChI=1S/C20H17NO4S/c1-12-7-3-5-9-14(12)21-19-17(20(24)25-2)18(23)16(26-19)11-13-8-4-6-10-15(13)22/h3-11,22-23H,1-2H3/b16-11+,21-19?. The minimum atomic E-state index is -0.664. The summed E-state index contributed by atoms with van der Waals surface area (Å²) in [5.41, 5.74) is 2.20. The Hall–Kier alpha value is -2.99. The molecule has 0 aliphatic carbocycles. The first-order valence-electron chi connectivity index (χ1n) is 7.85. The van der Waals surface area contributed by atoms with Gasteiger partial charge in [-0.25, -0.2) is 9.79 Å². The first-order valence-corrected chi connectivity index (χ1v) is 8.67. The summed E-state index contributed by atoms with van der Waals surface area (Å²) in [7, 11) is 1.25. The maximum absolute atomic E-state index is 12.2. The van der Waals surface area contributed by atoms with Crippen molar-refractivity contribution in [3.63, 3.8) is 0 Å². The molecule has 0 amide bonds. The number of para-hydroxylation sites is 2. The first-order chi connectivity index (χ1) is 12.5. The molecule has 132 valence electrons. The summed E-state index contributed by atoms with van der Waals surface area (Å²) in [6.07, 6.45) is 1.61. The summed E-state index contributed by atoms with van der Waals surface area (Å²) in [4.78, 5) is 17.1. The molecule has 0 fully saturated rings. The number of aromatic hydroxyl groups is 1. The van der Waals surface area contributed by atoms with E-state index in [-0.39, 0.29) is 17.1 Å². The second kappa shape index (κ2) is 7.49. The maximum Gasteiger partial charge on any atom is 0.344 e. The van der Waals surface area contributed by atoms with E-state index in [0.29, 0.717) is 21.2 Å². The van der Waals surface area contributed by atoms with Crippen LogP contribution in [0.1, 0.15) is 11.1 Å².